The molecule has 5 nitrogen and oxygen atoms in total. The van der Waals surface area contributed by atoms with E-state index in [9.17, 15) is 9.59 Å². The summed E-state index contributed by atoms with van der Waals surface area (Å²) in [5.74, 6) is -0.768. The van der Waals surface area contributed by atoms with Crippen LogP contribution in [0.15, 0.2) is 30.3 Å². The molecule has 1 rings (SSSR count). The highest BCUT2D eigenvalue weighted by Gasteiger charge is 2.22. The number of nitrogens with one attached hydrogen (secondary N) is 1. The van der Waals surface area contributed by atoms with Gasteiger partial charge in [-0.2, -0.15) is 0 Å². The van der Waals surface area contributed by atoms with Crippen molar-refractivity contribution in [3.8, 4) is 0 Å². The monoisotopic (exact) mass is 347 g/mol. The summed E-state index contributed by atoms with van der Waals surface area (Å²) in [6.07, 6.45) is -0.606. The third kappa shape index (κ3) is 7.00. The van der Waals surface area contributed by atoms with Gasteiger partial charge in [-0.3, -0.25) is 0 Å². The van der Waals surface area contributed by atoms with Crippen LogP contribution in [0.1, 0.15) is 32.4 Å². The predicted molar refractivity (Wildman–Crippen MR) is 85.0 cm³/mol. The van der Waals surface area contributed by atoms with Gasteiger partial charge in [0.15, 0.2) is 0 Å². The number of esters is 1. The lowest BCUT2D eigenvalue weighted by atomic mass is 10.1. The summed E-state index contributed by atoms with van der Waals surface area (Å²) in [7, 11) is 0. The number of amides is 1. The van der Waals surface area contributed by atoms with E-state index >= 15 is 0 Å². The van der Waals surface area contributed by atoms with Crippen LogP contribution < -0.4 is 5.32 Å². The SMILES string of the molecule is CC(C)(C)OC(=O)NC(COC(=O)C(Cl)Cl)c1ccccc1. The van der Waals surface area contributed by atoms with E-state index in [0.29, 0.717) is 0 Å². The van der Waals surface area contributed by atoms with Crippen molar-refractivity contribution >= 4 is 35.3 Å². The second-order valence-corrected chi connectivity index (χ2v) is 6.64. The zero-order chi connectivity index (χ0) is 16.8. The molecular formula is C15H19Cl2NO4. The fraction of sp³-hybridized carbons (Fsp3) is 0.467. The first-order valence-corrected chi connectivity index (χ1v) is 7.55. The zero-order valence-electron chi connectivity index (χ0n) is 12.6. The molecule has 1 amide bonds. The molecule has 1 aromatic rings. The molecule has 1 atom stereocenters. The molecule has 22 heavy (non-hydrogen) atoms. The molecular weight excluding hydrogens is 329 g/mol. The van der Waals surface area contributed by atoms with Crippen molar-refractivity contribution in [2.45, 2.75) is 37.3 Å². The van der Waals surface area contributed by atoms with E-state index in [1.807, 2.05) is 18.2 Å². The molecule has 0 fully saturated rings. The van der Waals surface area contributed by atoms with Crippen LogP contribution in [0, 0.1) is 0 Å². The molecule has 1 unspecified atom stereocenters. The molecule has 0 aliphatic carbocycles. The molecule has 0 spiro atoms. The smallest absolute Gasteiger partial charge is 0.408 e. The van der Waals surface area contributed by atoms with Gasteiger partial charge >= 0.3 is 12.1 Å². The number of carbonyl (C=O) groups excluding carboxylic acids is 2. The Balaban J connectivity index is 2.75. The Morgan fingerprint density at radius 1 is 1.18 bits per heavy atom. The highest BCUT2D eigenvalue weighted by atomic mass is 35.5. The lowest BCUT2D eigenvalue weighted by Crippen LogP contribution is -2.37. The fourth-order valence-electron chi connectivity index (χ4n) is 1.58. The number of carbonyl (C=O) groups is 2. The minimum absolute atomic E-state index is 0.0992. The number of rotatable bonds is 5. The second-order valence-electron chi connectivity index (χ2n) is 5.54. The van der Waals surface area contributed by atoms with Crippen molar-refractivity contribution in [3.63, 3.8) is 0 Å². The summed E-state index contributed by atoms with van der Waals surface area (Å²) < 4.78 is 10.2. The highest BCUT2D eigenvalue weighted by molar-refractivity contribution is 6.52. The molecule has 1 N–H and O–H groups in total. The second kappa shape index (κ2) is 8.25. The standard InChI is InChI=1S/C15H19Cl2NO4/c1-15(2,3)22-14(20)18-11(9-21-13(19)12(16)17)10-7-5-4-6-8-10/h4-8,11-12H,9H2,1-3H3,(H,18,20). The zero-order valence-corrected chi connectivity index (χ0v) is 14.1. The topological polar surface area (TPSA) is 64.6 Å². The minimum atomic E-state index is -1.27. The average molecular weight is 348 g/mol. The Hall–Kier alpha value is -1.46. The van der Waals surface area contributed by atoms with Crippen LogP contribution in [0.4, 0.5) is 4.79 Å². The van der Waals surface area contributed by atoms with Gasteiger partial charge in [0.2, 0.25) is 4.84 Å². The van der Waals surface area contributed by atoms with Crippen molar-refractivity contribution < 1.29 is 19.1 Å². The number of alkyl carbamates (subject to hydrolysis) is 1. The molecule has 0 saturated heterocycles. The predicted octanol–water partition coefficient (Wildman–Crippen LogP) is 3.60. The van der Waals surface area contributed by atoms with Crippen LogP contribution >= 0.6 is 23.2 Å². The summed E-state index contributed by atoms with van der Waals surface area (Å²) in [5.41, 5.74) is 0.140. The number of ether oxygens (including phenoxy) is 2. The summed E-state index contributed by atoms with van der Waals surface area (Å²) >= 11 is 10.9. The Kier molecular flexibility index (Phi) is 6.97. The van der Waals surface area contributed by atoms with Crippen molar-refractivity contribution in [2.75, 3.05) is 6.61 Å². The molecule has 0 radical (unpaired) electrons. The van der Waals surface area contributed by atoms with E-state index in [-0.39, 0.29) is 6.61 Å². The van der Waals surface area contributed by atoms with Crippen LogP contribution in [-0.2, 0) is 14.3 Å². The van der Waals surface area contributed by atoms with Crippen molar-refractivity contribution in [1.82, 2.24) is 5.32 Å². The van der Waals surface area contributed by atoms with Crippen LogP contribution in [0.5, 0.6) is 0 Å². The third-order valence-corrected chi connectivity index (χ3v) is 2.82. The van der Waals surface area contributed by atoms with Crippen LogP contribution in [-0.4, -0.2) is 29.1 Å². The molecule has 122 valence electrons. The Labute approximate surface area is 139 Å². The molecule has 0 aromatic heterocycles. The van der Waals surface area contributed by atoms with Gasteiger partial charge in [0.25, 0.3) is 0 Å². The van der Waals surface area contributed by atoms with E-state index in [1.54, 1.807) is 32.9 Å². The van der Waals surface area contributed by atoms with E-state index in [1.165, 1.54) is 0 Å². The molecule has 0 aliphatic heterocycles. The number of benzene rings is 1. The molecule has 0 bridgehead atoms. The maximum atomic E-state index is 11.9. The number of hydrogen-bond acceptors (Lipinski definition) is 4. The van der Waals surface area contributed by atoms with Crippen molar-refractivity contribution in [2.24, 2.45) is 0 Å². The number of hydrogen-bond donors (Lipinski definition) is 1. The summed E-state index contributed by atoms with van der Waals surface area (Å²) in [5, 5.41) is 2.66. The van der Waals surface area contributed by atoms with Crippen molar-refractivity contribution in [1.29, 1.82) is 0 Å². The van der Waals surface area contributed by atoms with E-state index in [2.05, 4.69) is 5.32 Å². The molecule has 0 aliphatic rings. The van der Waals surface area contributed by atoms with Crippen LogP contribution in [0.2, 0.25) is 0 Å². The van der Waals surface area contributed by atoms with E-state index in [4.69, 9.17) is 32.7 Å². The molecule has 7 heteroatoms. The molecule has 0 saturated carbocycles. The lowest BCUT2D eigenvalue weighted by molar-refractivity contribution is -0.142. The molecule has 0 heterocycles. The van der Waals surface area contributed by atoms with Gasteiger partial charge in [-0.1, -0.05) is 53.5 Å². The van der Waals surface area contributed by atoms with E-state index < -0.39 is 28.5 Å². The first-order chi connectivity index (χ1) is 10.2. The largest absolute Gasteiger partial charge is 0.461 e. The average Bonchev–Trinajstić information content (AvgIpc) is 2.41. The van der Waals surface area contributed by atoms with Crippen LogP contribution in [0.25, 0.3) is 0 Å². The summed E-state index contributed by atoms with van der Waals surface area (Å²) in [4.78, 5) is 22.0. The van der Waals surface area contributed by atoms with Gasteiger partial charge in [0.1, 0.15) is 12.2 Å². The van der Waals surface area contributed by atoms with Gasteiger partial charge in [-0.15, -0.1) is 0 Å². The fourth-order valence-corrected chi connectivity index (χ4v) is 1.71. The van der Waals surface area contributed by atoms with Gasteiger partial charge in [0, 0.05) is 0 Å². The summed E-state index contributed by atoms with van der Waals surface area (Å²) in [6, 6.07) is 8.50. The normalized spacial score (nSPS) is 12.6. The molecule has 1 aromatic carbocycles. The number of alkyl halides is 2. The lowest BCUT2D eigenvalue weighted by Gasteiger charge is -2.24. The quantitative estimate of drug-likeness (QED) is 0.652. The van der Waals surface area contributed by atoms with Crippen LogP contribution in [0.3, 0.4) is 0 Å². The van der Waals surface area contributed by atoms with Gasteiger partial charge < -0.3 is 14.8 Å². The van der Waals surface area contributed by atoms with Gasteiger partial charge in [0.05, 0.1) is 6.04 Å². The first kappa shape index (κ1) is 18.6. The van der Waals surface area contributed by atoms with Crippen molar-refractivity contribution in [3.05, 3.63) is 35.9 Å². The summed E-state index contributed by atoms with van der Waals surface area (Å²) in [6.45, 7) is 5.18. The highest BCUT2D eigenvalue weighted by Crippen LogP contribution is 2.16. The maximum Gasteiger partial charge on any atom is 0.408 e. The third-order valence-electron chi connectivity index (χ3n) is 2.46. The van der Waals surface area contributed by atoms with Gasteiger partial charge in [-0.25, -0.2) is 9.59 Å². The minimum Gasteiger partial charge on any atom is -0.461 e. The Morgan fingerprint density at radius 3 is 2.27 bits per heavy atom. The maximum absolute atomic E-state index is 11.9. The first-order valence-electron chi connectivity index (χ1n) is 6.68. The Bertz CT molecular complexity index is 500. The van der Waals surface area contributed by atoms with Gasteiger partial charge in [-0.05, 0) is 26.3 Å². The number of halogens is 2. The van der Waals surface area contributed by atoms with E-state index in [0.717, 1.165) is 5.56 Å². The Morgan fingerprint density at radius 2 is 1.77 bits per heavy atom.